The number of nitrogens with one attached hydrogen (secondary N) is 1. The van der Waals surface area contributed by atoms with Gasteiger partial charge in [-0.2, -0.15) is 5.10 Å². The molecule has 2 N–H and O–H groups in total. The third-order valence-electron chi connectivity index (χ3n) is 3.55. The van der Waals surface area contributed by atoms with Gasteiger partial charge in [0.1, 0.15) is 5.54 Å². The second kappa shape index (κ2) is 5.10. The lowest BCUT2D eigenvalue weighted by Gasteiger charge is -2.26. The minimum atomic E-state index is -0.803. The molecule has 1 aromatic rings. The summed E-state index contributed by atoms with van der Waals surface area (Å²) in [5.74, 6) is -0.758. The van der Waals surface area contributed by atoms with Gasteiger partial charge in [0.2, 0.25) is 0 Å². The number of carboxylic acids is 1. The van der Waals surface area contributed by atoms with Crippen LogP contribution in [0.1, 0.15) is 38.3 Å². The molecule has 5 nitrogen and oxygen atoms in total. The largest absolute Gasteiger partial charge is 0.480 e. The van der Waals surface area contributed by atoms with Crippen molar-refractivity contribution in [1.82, 2.24) is 15.1 Å². The Morgan fingerprint density at radius 1 is 1.67 bits per heavy atom. The Balaban J connectivity index is 1.85. The summed E-state index contributed by atoms with van der Waals surface area (Å²) in [7, 11) is 0. The minimum Gasteiger partial charge on any atom is -0.480 e. The highest BCUT2D eigenvalue weighted by molar-refractivity contribution is 5.78. The lowest BCUT2D eigenvalue weighted by Crippen LogP contribution is -2.50. The van der Waals surface area contributed by atoms with Crippen molar-refractivity contribution in [3.05, 3.63) is 18.0 Å². The van der Waals surface area contributed by atoms with Crippen molar-refractivity contribution in [2.24, 2.45) is 0 Å². The minimum absolute atomic E-state index is 0.400. The SMILES string of the molecule is Cc1ccnn1CCCC(C)(NC1CC1)C(=O)O. The van der Waals surface area contributed by atoms with Crippen molar-refractivity contribution in [2.45, 2.75) is 57.7 Å². The Morgan fingerprint density at radius 3 is 2.89 bits per heavy atom. The van der Waals surface area contributed by atoms with E-state index < -0.39 is 11.5 Å². The monoisotopic (exact) mass is 251 g/mol. The summed E-state index contributed by atoms with van der Waals surface area (Å²) in [6.45, 7) is 4.56. The van der Waals surface area contributed by atoms with Crippen LogP contribution in [0.3, 0.4) is 0 Å². The molecule has 0 aromatic carbocycles. The van der Waals surface area contributed by atoms with E-state index in [1.54, 1.807) is 13.1 Å². The van der Waals surface area contributed by atoms with E-state index in [2.05, 4.69) is 10.4 Å². The van der Waals surface area contributed by atoms with Crippen LogP contribution in [-0.4, -0.2) is 32.4 Å². The smallest absolute Gasteiger partial charge is 0.323 e. The molecule has 1 fully saturated rings. The number of aliphatic carboxylic acids is 1. The number of rotatable bonds is 7. The number of aromatic nitrogens is 2. The maximum absolute atomic E-state index is 11.4. The number of carbonyl (C=O) groups is 1. The van der Waals surface area contributed by atoms with E-state index in [1.807, 2.05) is 17.7 Å². The maximum atomic E-state index is 11.4. The Morgan fingerprint density at radius 2 is 2.39 bits per heavy atom. The first kappa shape index (κ1) is 13.1. The van der Waals surface area contributed by atoms with Crippen molar-refractivity contribution < 1.29 is 9.90 Å². The van der Waals surface area contributed by atoms with Gasteiger partial charge in [-0.05, 0) is 45.6 Å². The van der Waals surface area contributed by atoms with Gasteiger partial charge in [0.15, 0.2) is 0 Å². The van der Waals surface area contributed by atoms with Gasteiger partial charge in [-0.15, -0.1) is 0 Å². The number of aryl methyl sites for hydroxylation is 2. The number of carboxylic acid groups (broad SMARTS) is 1. The molecule has 1 saturated carbocycles. The summed E-state index contributed by atoms with van der Waals surface area (Å²) in [5.41, 5.74) is 0.310. The molecule has 2 rings (SSSR count). The lowest BCUT2D eigenvalue weighted by atomic mass is 9.95. The second-order valence-corrected chi connectivity index (χ2v) is 5.36. The summed E-state index contributed by atoms with van der Waals surface area (Å²) < 4.78 is 1.92. The average molecular weight is 251 g/mol. The molecule has 0 aliphatic heterocycles. The Kier molecular flexibility index (Phi) is 3.71. The van der Waals surface area contributed by atoms with Gasteiger partial charge in [-0.1, -0.05) is 0 Å². The van der Waals surface area contributed by atoms with Gasteiger partial charge in [-0.3, -0.25) is 14.8 Å². The predicted octanol–water partition coefficient (Wildman–Crippen LogP) is 1.57. The molecule has 0 bridgehead atoms. The fourth-order valence-electron chi connectivity index (χ4n) is 2.13. The van der Waals surface area contributed by atoms with Gasteiger partial charge in [0, 0.05) is 24.5 Å². The first-order chi connectivity index (χ1) is 8.51. The first-order valence-corrected chi connectivity index (χ1v) is 6.51. The highest BCUT2D eigenvalue weighted by atomic mass is 16.4. The van der Waals surface area contributed by atoms with Crippen LogP contribution in [0.2, 0.25) is 0 Å². The Hall–Kier alpha value is -1.36. The molecule has 18 heavy (non-hydrogen) atoms. The van der Waals surface area contributed by atoms with E-state index in [4.69, 9.17) is 0 Å². The van der Waals surface area contributed by atoms with Gasteiger partial charge in [-0.25, -0.2) is 0 Å². The predicted molar refractivity (Wildman–Crippen MR) is 68.4 cm³/mol. The normalized spacial score (nSPS) is 18.6. The van der Waals surface area contributed by atoms with Gasteiger partial charge in [0.25, 0.3) is 0 Å². The molecular formula is C13H21N3O2. The van der Waals surface area contributed by atoms with Crippen molar-refractivity contribution in [3.8, 4) is 0 Å². The second-order valence-electron chi connectivity index (χ2n) is 5.36. The lowest BCUT2D eigenvalue weighted by molar-refractivity contribution is -0.144. The zero-order valence-electron chi connectivity index (χ0n) is 11.0. The molecule has 0 saturated heterocycles. The van der Waals surface area contributed by atoms with E-state index in [0.29, 0.717) is 12.5 Å². The molecule has 0 radical (unpaired) electrons. The van der Waals surface area contributed by atoms with Crippen LogP contribution in [0.15, 0.2) is 12.3 Å². The standard InChI is InChI=1S/C13H21N3O2/c1-10-6-8-14-16(10)9-3-7-13(2,12(17)18)15-11-4-5-11/h6,8,11,15H,3-5,7,9H2,1-2H3,(H,17,18). The van der Waals surface area contributed by atoms with Crippen LogP contribution in [0.4, 0.5) is 0 Å². The van der Waals surface area contributed by atoms with Crippen molar-refractivity contribution in [3.63, 3.8) is 0 Å². The van der Waals surface area contributed by atoms with E-state index in [-0.39, 0.29) is 0 Å². The van der Waals surface area contributed by atoms with Gasteiger partial charge in [0.05, 0.1) is 0 Å². The Labute approximate surface area is 107 Å². The van der Waals surface area contributed by atoms with Crippen LogP contribution in [0, 0.1) is 6.92 Å². The van der Waals surface area contributed by atoms with Crippen LogP contribution < -0.4 is 5.32 Å². The fourth-order valence-corrected chi connectivity index (χ4v) is 2.13. The summed E-state index contributed by atoms with van der Waals surface area (Å²) >= 11 is 0. The molecule has 0 amide bonds. The van der Waals surface area contributed by atoms with E-state index in [0.717, 1.165) is 31.5 Å². The van der Waals surface area contributed by atoms with Crippen molar-refractivity contribution in [1.29, 1.82) is 0 Å². The summed E-state index contributed by atoms with van der Waals surface area (Å²) in [4.78, 5) is 11.4. The van der Waals surface area contributed by atoms with Crippen LogP contribution >= 0.6 is 0 Å². The van der Waals surface area contributed by atoms with Gasteiger partial charge >= 0.3 is 5.97 Å². The van der Waals surface area contributed by atoms with Crippen LogP contribution in [0.25, 0.3) is 0 Å². The molecule has 100 valence electrons. The zero-order chi connectivity index (χ0) is 13.2. The number of nitrogens with zero attached hydrogens (tertiary/aromatic N) is 2. The van der Waals surface area contributed by atoms with Crippen molar-refractivity contribution in [2.75, 3.05) is 0 Å². The Bertz CT molecular complexity index is 426. The van der Waals surface area contributed by atoms with E-state index >= 15 is 0 Å². The van der Waals surface area contributed by atoms with Crippen LogP contribution in [-0.2, 0) is 11.3 Å². The molecule has 0 spiro atoms. The third kappa shape index (κ3) is 3.10. The first-order valence-electron chi connectivity index (χ1n) is 6.51. The van der Waals surface area contributed by atoms with Crippen LogP contribution in [0.5, 0.6) is 0 Å². The number of hydrogen-bond acceptors (Lipinski definition) is 3. The molecule has 1 aliphatic rings. The maximum Gasteiger partial charge on any atom is 0.323 e. The molecule has 5 heteroatoms. The highest BCUT2D eigenvalue weighted by Gasteiger charge is 2.37. The molecule has 1 aromatic heterocycles. The van der Waals surface area contributed by atoms with Crippen molar-refractivity contribution >= 4 is 5.97 Å². The van der Waals surface area contributed by atoms with E-state index in [1.165, 1.54) is 0 Å². The summed E-state index contributed by atoms with van der Waals surface area (Å²) in [6, 6.07) is 2.36. The number of hydrogen-bond donors (Lipinski definition) is 2. The zero-order valence-corrected chi connectivity index (χ0v) is 11.0. The molecule has 1 unspecified atom stereocenters. The average Bonchev–Trinajstić information content (AvgIpc) is 3.02. The summed E-state index contributed by atoms with van der Waals surface area (Å²) in [6.07, 6.45) is 5.40. The fraction of sp³-hybridized carbons (Fsp3) is 0.692. The van der Waals surface area contributed by atoms with Gasteiger partial charge < -0.3 is 5.11 Å². The molecular weight excluding hydrogens is 230 g/mol. The highest BCUT2D eigenvalue weighted by Crippen LogP contribution is 2.25. The topological polar surface area (TPSA) is 67.2 Å². The molecule has 1 aliphatic carbocycles. The summed E-state index contributed by atoms with van der Waals surface area (Å²) in [5, 5.41) is 16.8. The third-order valence-corrected chi connectivity index (χ3v) is 3.55. The van der Waals surface area contributed by atoms with E-state index in [9.17, 15) is 9.90 Å². The quantitative estimate of drug-likeness (QED) is 0.772. The molecule has 1 heterocycles. The molecule has 1 atom stereocenters.